The average molecular weight is 676 g/mol. The number of rotatable bonds is 6. The SMILES string of the molecule is O=C(O)C1CCC(C(=O)N2CCC3(S(=O)(=O)c4ccc(C5CC5)cc4)c4ccc(C(F)(C(F)(F)F)C(F)(F)F)cc4CCC23)CC1. The zero-order chi connectivity index (χ0) is 33.4. The monoisotopic (exact) mass is 675 g/mol. The summed E-state index contributed by atoms with van der Waals surface area (Å²) in [6, 6.07) is 6.93. The van der Waals surface area contributed by atoms with Gasteiger partial charge in [0.15, 0.2) is 9.84 Å². The molecule has 2 unspecified atom stereocenters. The number of benzene rings is 2. The number of sulfone groups is 1. The predicted octanol–water partition coefficient (Wildman–Crippen LogP) is 6.96. The standard InChI is InChI=1S/C32H32F7NO5S/c33-30(31(34,35)36,32(37,38)39)23-10-13-25-22(17-23)9-14-26-29(25,46(44,45)24-11-7-19(8-12-24)18-1-2-18)15-16-40(26)27(41)20-3-5-21(6-4-20)28(42)43/h7-8,10-13,17-18,20-21,26H,1-6,9,14-16H2,(H,42,43). The molecule has 1 heterocycles. The Hall–Kier alpha value is -3.16. The lowest BCUT2D eigenvalue weighted by Crippen LogP contribution is -2.53. The molecule has 0 bridgehead atoms. The van der Waals surface area contributed by atoms with Gasteiger partial charge in [0.2, 0.25) is 5.91 Å². The number of aryl methyl sites for hydroxylation is 1. The van der Waals surface area contributed by atoms with Gasteiger partial charge < -0.3 is 10.0 Å². The van der Waals surface area contributed by atoms with Gasteiger partial charge in [0, 0.05) is 18.0 Å². The highest BCUT2D eigenvalue weighted by Gasteiger charge is 2.74. The van der Waals surface area contributed by atoms with Crippen molar-refractivity contribution in [2.45, 2.75) is 97.4 Å². The first-order chi connectivity index (χ1) is 21.4. The van der Waals surface area contributed by atoms with Crippen LogP contribution < -0.4 is 0 Å². The van der Waals surface area contributed by atoms with Gasteiger partial charge in [0.25, 0.3) is 0 Å². The second-order valence-corrected chi connectivity index (χ2v) is 15.2. The van der Waals surface area contributed by atoms with Gasteiger partial charge in [0.05, 0.1) is 16.9 Å². The second kappa shape index (κ2) is 10.9. The average Bonchev–Trinajstić information content (AvgIpc) is 3.78. The lowest BCUT2D eigenvalue weighted by Gasteiger charge is -2.44. The Balaban J connectivity index is 1.44. The number of amides is 1. The fourth-order valence-electron chi connectivity index (χ4n) is 7.86. The molecule has 2 aromatic rings. The fourth-order valence-corrected chi connectivity index (χ4v) is 10.2. The quantitative estimate of drug-likeness (QED) is 0.335. The van der Waals surface area contributed by atoms with Gasteiger partial charge in [-0.3, -0.25) is 9.59 Å². The molecule has 14 heteroatoms. The van der Waals surface area contributed by atoms with E-state index in [2.05, 4.69) is 0 Å². The van der Waals surface area contributed by atoms with Gasteiger partial charge in [0.1, 0.15) is 4.75 Å². The molecule has 1 saturated heterocycles. The molecule has 0 radical (unpaired) electrons. The number of hydrogen-bond donors (Lipinski definition) is 1. The molecule has 3 aliphatic carbocycles. The molecular weight excluding hydrogens is 643 g/mol. The van der Waals surface area contributed by atoms with Crippen LogP contribution in [0.1, 0.15) is 79.5 Å². The number of aliphatic carboxylic acids is 1. The highest BCUT2D eigenvalue weighted by atomic mass is 32.2. The molecule has 46 heavy (non-hydrogen) atoms. The molecule has 2 aromatic carbocycles. The van der Waals surface area contributed by atoms with Crippen LogP contribution in [-0.2, 0) is 36.3 Å². The molecule has 2 atom stereocenters. The largest absolute Gasteiger partial charge is 0.481 e. The summed E-state index contributed by atoms with van der Waals surface area (Å²) in [5.74, 6) is -2.14. The molecular formula is C32H32F7NO5S. The second-order valence-electron chi connectivity index (χ2n) is 13.0. The summed E-state index contributed by atoms with van der Waals surface area (Å²) in [6.07, 6.45) is -10.1. The number of nitrogens with zero attached hydrogens (tertiary/aromatic N) is 1. The van der Waals surface area contributed by atoms with Crippen LogP contribution in [0.4, 0.5) is 30.7 Å². The molecule has 6 rings (SSSR count). The molecule has 4 aliphatic rings. The Morgan fingerprint density at radius 3 is 1.93 bits per heavy atom. The van der Waals surface area contributed by atoms with Crippen molar-refractivity contribution in [3.05, 3.63) is 64.7 Å². The minimum absolute atomic E-state index is 0.0406. The number of fused-ring (bicyclic) bond motifs is 3. The fraction of sp³-hybridized carbons (Fsp3) is 0.562. The van der Waals surface area contributed by atoms with Crippen LogP contribution >= 0.6 is 0 Å². The van der Waals surface area contributed by atoms with Gasteiger partial charge in [-0.1, -0.05) is 30.3 Å². The number of carbonyl (C=O) groups is 2. The van der Waals surface area contributed by atoms with E-state index in [1.54, 1.807) is 12.1 Å². The maximum absolute atomic E-state index is 15.1. The van der Waals surface area contributed by atoms with Gasteiger partial charge >= 0.3 is 24.0 Å². The smallest absolute Gasteiger partial charge is 0.435 e. The van der Waals surface area contributed by atoms with Gasteiger partial charge in [-0.2, -0.15) is 26.3 Å². The number of carboxylic acids is 1. The maximum atomic E-state index is 15.1. The number of carbonyl (C=O) groups excluding carboxylic acids is 1. The molecule has 1 amide bonds. The predicted molar refractivity (Wildman–Crippen MR) is 150 cm³/mol. The van der Waals surface area contributed by atoms with Crippen LogP contribution in [0.5, 0.6) is 0 Å². The van der Waals surface area contributed by atoms with Gasteiger partial charge in [-0.25, -0.2) is 12.8 Å². The first-order valence-electron chi connectivity index (χ1n) is 15.3. The molecule has 6 nitrogen and oxygen atoms in total. The van der Waals surface area contributed by atoms with E-state index in [9.17, 15) is 49.5 Å². The molecule has 0 aromatic heterocycles. The number of halogens is 7. The highest BCUT2D eigenvalue weighted by molar-refractivity contribution is 7.92. The summed E-state index contributed by atoms with van der Waals surface area (Å²) in [5.41, 5.74) is -6.62. The molecule has 1 N–H and O–H groups in total. The number of alkyl halides is 7. The zero-order valence-electron chi connectivity index (χ0n) is 24.5. The van der Waals surface area contributed by atoms with Crippen molar-refractivity contribution in [3.63, 3.8) is 0 Å². The van der Waals surface area contributed by atoms with Crippen molar-refractivity contribution >= 4 is 21.7 Å². The Labute approximate surface area is 260 Å². The van der Waals surface area contributed by atoms with Crippen LogP contribution in [0.25, 0.3) is 0 Å². The van der Waals surface area contributed by atoms with Crippen molar-refractivity contribution in [2.24, 2.45) is 11.8 Å². The van der Waals surface area contributed by atoms with E-state index in [0.717, 1.165) is 24.5 Å². The summed E-state index contributed by atoms with van der Waals surface area (Å²) < 4.78 is 124. The zero-order valence-corrected chi connectivity index (χ0v) is 25.3. The van der Waals surface area contributed by atoms with Crippen molar-refractivity contribution in [2.75, 3.05) is 6.54 Å². The van der Waals surface area contributed by atoms with E-state index in [1.165, 1.54) is 17.0 Å². The van der Waals surface area contributed by atoms with Crippen molar-refractivity contribution in [3.8, 4) is 0 Å². The summed E-state index contributed by atoms with van der Waals surface area (Å²) in [5, 5.41) is 9.35. The Bertz CT molecular complexity index is 1630. The topological polar surface area (TPSA) is 91.8 Å². The van der Waals surface area contributed by atoms with E-state index in [-0.39, 0.29) is 73.4 Å². The van der Waals surface area contributed by atoms with E-state index in [4.69, 9.17) is 0 Å². The van der Waals surface area contributed by atoms with Crippen molar-refractivity contribution in [1.82, 2.24) is 4.90 Å². The molecule has 3 fully saturated rings. The van der Waals surface area contributed by atoms with Crippen LogP contribution in [0, 0.1) is 11.8 Å². The normalized spacial score (nSPS) is 27.2. The molecule has 250 valence electrons. The molecule has 2 saturated carbocycles. The first-order valence-corrected chi connectivity index (χ1v) is 16.8. The summed E-state index contributed by atoms with van der Waals surface area (Å²) in [6.45, 7) is -0.0406. The van der Waals surface area contributed by atoms with Gasteiger partial charge in [-0.05, 0) is 92.5 Å². The number of carboxylic acid groups (broad SMARTS) is 1. The maximum Gasteiger partial charge on any atom is 0.435 e. The van der Waals surface area contributed by atoms with E-state index in [1.807, 2.05) is 0 Å². The highest BCUT2D eigenvalue weighted by Crippen LogP contribution is 2.57. The third kappa shape index (κ3) is 4.92. The van der Waals surface area contributed by atoms with Crippen molar-refractivity contribution in [1.29, 1.82) is 0 Å². The number of likely N-dealkylation sites (tertiary alicyclic amines) is 1. The summed E-state index contributed by atoms with van der Waals surface area (Å²) >= 11 is 0. The van der Waals surface area contributed by atoms with Crippen LogP contribution in [0.3, 0.4) is 0 Å². The Kier molecular flexibility index (Phi) is 7.80. The van der Waals surface area contributed by atoms with Crippen LogP contribution in [0.2, 0.25) is 0 Å². The van der Waals surface area contributed by atoms with E-state index >= 15 is 4.39 Å². The third-order valence-electron chi connectivity index (χ3n) is 10.5. The lowest BCUT2D eigenvalue weighted by atomic mass is 9.76. The minimum Gasteiger partial charge on any atom is -0.481 e. The van der Waals surface area contributed by atoms with Crippen LogP contribution in [0.15, 0.2) is 47.4 Å². The van der Waals surface area contributed by atoms with Crippen molar-refractivity contribution < 1.29 is 53.8 Å². The third-order valence-corrected chi connectivity index (χ3v) is 13.0. The van der Waals surface area contributed by atoms with E-state index in [0.29, 0.717) is 18.1 Å². The Morgan fingerprint density at radius 1 is 0.804 bits per heavy atom. The van der Waals surface area contributed by atoms with Crippen LogP contribution in [-0.4, -0.2) is 55.2 Å². The van der Waals surface area contributed by atoms with E-state index < -0.39 is 62.0 Å². The molecule has 0 spiro atoms. The molecule has 1 aliphatic heterocycles. The number of hydrogen-bond acceptors (Lipinski definition) is 4. The van der Waals surface area contributed by atoms with Gasteiger partial charge in [-0.15, -0.1) is 0 Å². The summed E-state index contributed by atoms with van der Waals surface area (Å²) in [7, 11) is -4.43. The minimum atomic E-state index is -6.33. The Morgan fingerprint density at radius 2 is 1.39 bits per heavy atom. The summed E-state index contributed by atoms with van der Waals surface area (Å²) in [4.78, 5) is 26.6. The lowest BCUT2D eigenvalue weighted by molar-refractivity contribution is -0.348. The first kappa shape index (κ1) is 32.8.